The Kier molecular flexibility index (Phi) is 5.29. The third kappa shape index (κ3) is 4.32. The molecule has 0 unspecified atom stereocenters. The summed E-state index contributed by atoms with van der Waals surface area (Å²) in [4.78, 5) is 11.2. The lowest BCUT2D eigenvalue weighted by Gasteiger charge is -2.10. The summed E-state index contributed by atoms with van der Waals surface area (Å²) in [5, 5.41) is 3.13. The first-order chi connectivity index (χ1) is 8.15. The number of carbonyl (C=O) groups is 1. The topological polar surface area (TPSA) is 90.4 Å². The van der Waals surface area contributed by atoms with Crippen LogP contribution < -0.4 is 16.8 Å². The summed E-state index contributed by atoms with van der Waals surface area (Å²) >= 11 is 0. The second-order valence-electron chi connectivity index (χ2n) is 3.65. The Bertz CT molecular complexity index is 380. The fraction of sp³-hybridized carbons (Fsp3) is 0.417. The van der Waals surface area contributed by atoms with Gasteiger partial charge in [-0.2, -0.15) is 0 Å². The molecule has 0 atom stereocenters. The van der Waals surface area contributed by atoms with E-state index in [4.69, 9.17) is 16.2 Å². The number of nitrogen functional groups attached to an aromatic ring is 1. The number of amides is 1. The Hall–Kier alpha value is -1.75. The second-order valence-corrected chi connectivity index (χ2v) is 3.65. The summed E-state index contributed by atoms with van der Waals surface area (Å²) in [7, 11) is 0. The number of nitrogens with one attached hydrogen (secondary N) is 1. The molecule has 94 valence electrons. The van der Waals surface area contributed by atoms with E-state index >= 15 is 0 Å². The minimum absolute atomic E-state index is 0.454. The normalized spacial score (nSPS) is 10.2. The van der Waals surface area contributed by atoms with Crippen LogP contribution in [0.4, 0.5) is 11.4 Å². The van der Waals surface area contributed by atoms with E-state index in [9.17, 15) is 4.79 Å². The highest BCUT2D eigenvalue weighted by Gasteiger charge is 2.07. The minimum Gasteiger partial charge on any atom is -0.399 e. The number of hydrogen-bond acceptors (Lipinski definition) is 4. The zero-order valence-corrected chi connectivity index (χ0v) is 10.0. The molecule has 0 spiro atoms. The van der Waals surface area contributed by atoms with Crippen LogP contribution in [0.5, 0.6) is 0 Å². The molecule has 17 heavy (non-hydrogen) atoms. The quantitative estimate of drug-likeness (QED) is 0.491. The molecule has 5 heteroatoms. The molecule has 1 aromatic carbocycles. The molecule has 0 fully saturated rings. The van der Waals surface area contributed by atoms with Crippen LogP contribution >= 0.6 is 0 Å². The maximum atomic E-state index is 11.2. The Morgan fingerprint density at radius 2 is 2.24 bits per heavy atom. The number of anilines is 2. The summed E-state index contributed by atoms with van der Waals surface area (Å²) in [5.74, 6) is -0.461. The molecule has 5 nitrogen and oxygen atoms in total. The predicted molar refractivity (Wildman–Crippen MR) is 69.0 cm³/mol. The van der Waals surface area contributed by atoms with E-state index in [1.165, 1.54) is 0 Å². The van der Waals surface area contributed by atoms with Crippen molar-refractivity contribution in [3.05, 3.63) is 23.8 Å². The van der Waals surface area contributed by atoms with Crippen molar-refractivity contribution in [2.24, 2.45) is 5.73 Å². The van der Waals surface area contributed by atoms with Crippen molar-refractivity contribution in [1.29, 1.82) is 0 Å². The molecule has 1 rings (SSSR count). The molecule has 0 radical (unpaired) electrons. The molecule has 0 aromatic heterocycles. The average Bonchev–Trinajstić information content (AvgIpc) is 2.28. The van der Waals surface area contributed by atoms with Gasteiger partial charge >= 0.3 is 0 Å². The second kappa shape index (κ2) is 6.75. The Labute approximate surface area is 101 Å². The van der Waals surface area contributed by atoms with Crippen molar-refractivity contribution in [1.82, 2.24) is 0 Å². The van der Waals surface area contributed by atoms with Crippen LogP contribution in [0.15, 0.2) is 18.2 Å². The van der Waals surface area contributed by atoms with Crippen molar-refractivity contribution in [3.63, 3.8) is 0 Å². The van der Waals surface area contributed by atoms with Crippen LogP contribution in [0.1, 0.15) is 23.7 Å². The maximum absolute atomic E-state index is 11.2. The number of benzene rings is 1. The van der Waals surface area contributed by atoms with Gasteiger partial charge in [0.25, 0.3) is 5.91 Å². The average molecular weight is 237 g/mol. The van der Waals surface area contributed by atoms with E-state index in [1.807, 2.05) is 6.92 Å². The molecular weight excluding hydrogens is 218 g/mol. The third-order valence-corrected chi connectivity index (χ3v) is 2.29. The lowest BCUT2D eigenvalue weighted by Crippen LogP contribution is -2.15. The number of hydrogen-bond donors (Lipinski definition) is 3. The number of ether oxygens (including phenoxy) is 1. The molecule has 1 amide bonds. The fourth-order valence-corrected chi connectivity index (χ4v) is 1.46. The standard InChI is InChI=1S/C12H19N3O2/c1-2-17-7-3-6-15-11-8-9(13)4-5-10(11)12(14)16/h4-5,8,15H,2-3,6-7,13H2,1H3,(H2,14,16). The smallest absolute Gasteiger partial charge is 0.250 e. The van der Waals surface area contributed by atoms with E-state index < -0.39 is 5.91 Å². The summed E-state index contributed by atoms with van der Waals surface area (Å²) < 4.78 is 5.22. The number of nitrogens with two attached hydrogens (primary N) is 2. The molecule has 0 saturated carbocycles. The van der Waals surface area contributed by atoms with Gasteiger partial charge in [-0.25, -0.2) is 0 Å². The number of primary amides is 1. The van der Waals surface area contributed by atoms with Gasteiger partial charge in [0.2, 0.25) is 0 Å². The summed E-state index contributed by atoms with van der Waals surface area (Å²) in [6.07, 6.45) is 0.862. The van der Waals surface area contributed by atoms with Crippen LogP contribution in [0.3, 0.4) is 0 Å². The summed E-state index contributed by atoms with van der Waals surface area (Å²) in [6, 6.07) is 4.99. The van der Waals surface area contributed by atoms with Crippen molar-refractivity contribution in [2.45, 2.75) is 13.3 Å². The first-order valence-electron chi connectivity index (χ1n) is 5.66. The van der Waals surface area contributed by atoms with E-state index in [2.05, 4.69) is 5.32 Å². The van der Waals surface area contributed by atoms with Crippen LogP contribution in [0, 0.1) is 0 Å². The molecular formula is C12H19N3O2. The lowest BCUT2D eigenvalue weighted by molar-refractivity contribution is 0.100. The van der Waals surface area contributed by atoms with Gasteiger partial charge in [-0.3, -0.25) is 4.79 Å². The molecule has 0 aliphatic rings. The van der Waals surface area contributed by atoms with Gasteiger partial charge in [-0.05, 0) is 31.5 Å². The van der Waals surface area contributed by atoms with Crippen molar-refractivity contribution in [2.75, 3.05) is 30.8 Å². The van der Waals surface area contributed by atoms with Crippen LogP contribution in [0.2, 0.25) is 0 Å². The van der Waals surface area contributed by atoms with Crippen molar-refractivity contribution >= 4 is 17.3 Å². The molecule has 0 saturated heterocycles. The molecule has 0 aliphatic carbocycles. The van der Waals surface area contributed by atoms with E-state index in [-0.39, 0.29) is 0 Å². The van der Waals surface area contributed by atoms with Crippen molar-refractivity contribution in [3.8, 4) is 0 Å². The van der Waals surface area contributed by atoms with E-state index in [0.29, 0.717) is 36.7 Å². The van der Waals surface area contributed by atoms with Gasteiger partial charge in [0.15, 0.2) is 0 Å². The van der Waals surface area contributed by atoms with E-state index in [1.54, 1.807) is 18.2 Å². The fourth-order valence-electron chi connectivity index (χ4n) is 1.46. The predicted octanol–water partition coefficient (Wildman–Crippen LogP) is 1.21. The molecule has 5 N–H and O–H groups in total. The van der Waals surface area contributed by atoms with Crippen molar-refractivity contribution < 1.29 is 9.53 Å². The zero-order chi connectivity index (χ0) is 12.7. The molecule has 0 heterocycles. The Morgan fingerprint density at radius 1 is 1.47 bits per heavy atom. The van der Waals surface area contributed by atoms with Gasteiger partial charge in [0, 0.05) is 31.1 Å². The highest BCUT2D eigenvalue weighted by atomic mass is 16.5. The van der Waals surface area contributed by atoms with Gasteiger partial charge in [0.1, 0.15) is 0 Å². The van der Waals surface area contributed by atoms with Crippen LogP contribution in [0.25, 0.3) is 0 Å². The summed E-state index contributed by atoms with van der Waals surface area (Å²) in [5.41, 5.74) is 12.7. The van der Waals surface area contributed by atoms with E-state index in [0.717, 1.165) is 6.42 Å². The van der Waals surface area contributed by atoms with Gasteiger partial charge in [0.05, 0.1) is 5.56 Å². The first-order valence-corrected chi connectivity index (χ1v) is 5.66. The zero-order valence-electron chi connectivity index (χ0n) is 10.0. The van der Waals surface area contributed by atoms with Gasteiger partial charge in [-0.15, -0.1) is 0 Å². The summed E-state index contributed by atoms with van der Waals surface area (Å²) in [6.45, 7) is 4.07. The lowest BCUT2D eigenvalue weighted by atomic mass is 10.1. The number of rotatable bonds is 7. The van der Waals surface area contributed by atoms with Crippen LogP contribution in [-0.2, 0) is 4.74 Å². The van der Waals surface area contributed by atoms with Gasteiger partial charge in [-0.1, -0.05) is 0 Å². The Morgan fingerprint density at radius 3 is 2.88 bits per heavy atom. The molecule has 1 aromatic rings. The SMILES string of the molecule is CCOCCCNc1cc(N)ccc1C(N)=O. The highest BCUT2D eigenvalue weighted by Crippen LogP contribution is 2.18. The maximum Gasteiger partial charge on any atom is 0.250 e. The third-order valence-electron chi connectivity index (χ3n) is 2.29. The molecule has 0 aliphatic heterocycles. The monoisotopic (exact) mass is 237 g/mol. The first kappa shape index (κ1) is 13.3. The number of carbonyl (C=O) groups excluding carboxylic acids is 1. The van der Waals surface area contributed by atoms with Crippen LogP contribution in [-0.4, -0.2) is 25.7 Å². The molecule has 0 bridgehead atoms. The largest absolute Gasteiger partial charge is 0.399 e. The minimum atomic E-state index is -0.461. The highest BCUT2D eigenvalue weighted by molar-refractivity contribution is 5.99. The Balaban J connectivity index is 2.56. The van der Waals surface area contributed by atoms with Gasteiger partial charge < -0.3 is 21.5 Å².